The van der Waals surface area contributed by atoms with E-state index in [1.165, 1.54) is 23.5 Å². The summed E-state index contributed by atoms with van der Waals surface area (Å²) in [4.78, 5) is 57.2. The zero-order valence-electron chi connectivity index (χ0n) is 20.3. The van der Waals surface area contributed by atoms with Crippen molar-refractivity contribution in [3.05, 3.63) is 80.0 Å². The predicted molar refractivity (Wildman–Crippen MR) is 141 cm³/mol. The highest BCUT2D eigenvalue weighted by atomic mass is 32.2. The number of hydrogen-bond acceptors (Lipinski definition) is 6. The fraction of sp³-hybridized carbons (Fsp3) is 0.357. The molecule has 3 aromatic rings. The number of anilines is 1. The first-order chi connectivity index (χ1) is 18.3. The molecule has 3 amide bonds. The van der Waals surface area contributed by atoms with E-state index in [9.17, 15) is 23.6 Å². The third-order valence-electron chi connectivity index (χ3n) is 8.65. The van der Waals surface area contributed by atoms with E-state index in [0.29, 0.717) is 5.69 Å². The van der Waals surface area contributed by atoms with Gasteiger partial charge >= 0.3 is 4.87 Å². The van der Waals surface area contributed by atoms with Gasteiger partial charge in [0.05, 0.1) is 16.9 Å². The minimum absolute atomic E-state index is 0.0271. The molecule has 2 saturated carbocycles. The van der Waals surface area contributed by atoms with E-state index < -0.39 is 17.7 Å². The number of amides is 3. The van der Waals surface area contributed by atoms with Gasteiger partial charge in [0.1, 0.15) is 12.4 Å². The Morgan fingerprint density at radius 2 is 1.82 bits per heavy atom. The van der Waals surface area contributed by atoms with Crippen LogP contribution < -0.4 is 10.2 Å². The highest BCUT2D eigenvalue weighted by Crippen LogP contribution is 2.68. The fourth-order valence-electron chi connectivity index (χ4n) is 7.34. The van der Waals surface area contributed by atoms with Gasteiger partial charge in [-0.25, -0.2) is 4.39 Å². The van der Waals surface area contributed by atoms with Gasteiger partial charge in [-0.2, -0.15) is 0 Å². The van der Waals surface area contributed by atoms with Gasteiger partial charge in [0, 0.05) is 21.7 Å². The molecule has 1 aromatic heterocycles. The maximum absolute atomic E-state index is 13.8. The standard InChI is InChI=1S/C28H24FN3O4S2/c1-12-3-2-4-15(9-12)30-18(33)11-32-26(34)21-16-10-17(22(21)27(32)35)23-20(16)19(13-5-7-14(29)8-6-13)24-25(37-23)31-28(36)38-24/h2-9,16-17,19-23H,10-11H2,1H3,(H,30,33)(H,31,36)/t16-,17+,19-,20+,21+,22+,23-/m1/s1. The van der Waals surface area contributed by atoms with Crippen LogP contribution in [0.5, 0.6) is 0 Å². The smallest absolute Gasteiger partial charge is 0.305 e. The highest BCUT2D eigenvalue weighted by molar-refractivity contribution is 8.00. The summed E-state index contributed by atoms with van der Waals surface area (Å²) < 4.78 is 13.8. The van der Waals surface area contributed by atoms with Gasteiger partial charge in [0.15, 0.2) is 0 Å². The minimum Gasteiger partial charge on any atom is -0.325 e. The first kappa shape index (κ1) is 23.8. The van der Waals surface area contributed by atoms with E-state index >= 15 is 0 Å². The van der Waals surface area contributed by atoms with Crippen molar-refractivity contribution < 1.29 is 18.8 Å². The summed E-state index contributed by atoms with van der Waals surface area (Å²) in [5.74, 6) is -2.40. The molecule has 1 saturated heterocycles. The van der Waals surface area contributed by atoms with Crippen molar-refractivity contribution in [1.29, 1.82) is 0 Å². The summed E-state index contributed by atoms with van der Waals surface area (Å²) >= 11 is 2.77. The number of carbonyl (C=O) groups is 3. The van der Waals surface area contributed by atoms with Gasteiger partial charge < -0.3 is 10.3 Å². The zero-order valence-corrected chi connectivity index (χ0v) is 22.0. The van der Waals surface area contributed by atoms with Gasteiger partial charge in [0.25, 0.3) is 0 Å². The average molecular weight is 550 g/mol. The normalized spacial score (nSPS) is 30.8. The summed E-state index contributed by atoms with van der Waals surface area (Å²) in [6.07, 6.45) is 0.759. The lowest BCUT2D eigenvalue weighted by Crippen LogP contribution is -2.42. The Kier molecular flexibility index (Phi) is 5.42. The van der Waals surface area contributed by atoms with Gasteiger partial charge in [-0.3, -0.25) is 24.1 Å². The number of carbonyl (C=O) groups excluding carboxylic acids is 3. The van der Waals surface area contributed by atoms with Crippen LogP contribution >= 0.6 is 23.1 Å². The summed E-state index contributed by atoms with van der Waals surface area (Å²) in [7, 11) is 0. The number of thioether (sulfide) groups is 1. The lowest BCUT2D eigenvalue weighted by molar-refractivity contribution is -0.143. The fourth-order valence-corrected chi connectivity index (χ4v) is 10.2. The number of aromatic nitrogens is 1. The van der Waals surface area contributed by atoms with Crippen molar-refractivity contribution in [3.8, 4) is 0 Å². The molecule has 38 heavy (non-hydrogen) atoms. The van der Waals surface area contributed by atoms with Crippen molar-refractivity contribution in [2.75, 3.05) is 11.9 Å². The number of halogens is 1. The van der Waals surface area contributed by atoms with E-state index in [0.717, 1.165) is 32.4 Å². The van der Waals surface area contributed by atoms with Crippen molar-refractivity contribution >= 4 is 46.5 Å². The third-order valence-corrected chi connectivity index (χ3v) is 11.2. The van der Waals surface area contributed by atoms with Gasteiger partial charge in [-0.05, 0) is 66.5 Å². The molecule has 2 aliphatic heterocycles. The zero-order chi connectivity index (χ0) is 26.3. The van der Waals surface area contributed by atoms with E-state index in [4.69, 9.17) is 0 Å². The van der Waals surface area contributed by atoms with Crippen LogP contribution in [0.15, 0.2) is 58.4 Å². The maximum Gasteiger partial charge on any atom is 0.305 e. The van der Waals surface area contributed by atoms with Crippen molar-refractivity contribution in [1.82, 2.24) is 9.88 Å². The topological polar surface area (TPSA) is 99.3 Å². The minimum atomic E-state index is -0.471. The number of rotatable bonds is 4. The molecule has 7 atom stereocenters. The maximum atomic E-state index is 13.8. The lowest BCUT2D eigenvalue weighted by Gasteiger charge is -2.43. The Bertz CT molecular complexity index is 1550. The molecular weight excluding hydrogens is 525 g/mol. The number of likely N-dealkylation sites (tertiary alicyclic amines) is 1. The quantitative estimate of drug-likeness (QED) is 0.480. The van der Waals surface area contributed by atoms with Gasteiger partial charge in [0.2, 0.25) is 17.7 Å². The first-order valence-corrected chi connectivity index (χ1v) is 14.4. The number of imide groups is 1. The Morgan fingerprint density at radius 1 is 1.08 bits per heavy atom. The van der Waals surface area contributed by atoms with E-state index in [2.05, 4.69) is 10.3 Å². The third kappa shape index (κ3) is 3.53. The van der Waals surface area contributed by atoms with Gasteiger partial charge in [-0.1, -0.05) is 35.6 Å². The molecular formula is C28H24FN3O4S2. The van der Waals surface area contributed by atoms with Crippen molar-refractivity contribution in [3.63, 3.8) is 0 Å². The van der Waals surface area contributed by atoms with Crippen LogP contribution in [0.2, 0.25) is 0 Å². The number of benzene rings is 2. The molecule has 0 radical (unpaired) electrons. The Hall–Kier alpha value is -3.24. The van der Waals surface area contributed by atoms with Crippen LogP contribution in [0.25, 0.3) is 0 Å². The molecule has 7 rings (SSSR count). The number of aromatic amines is 1. The molecule has 2 bridgehead atoms. The number of aryl methyl sites for hydroxylation is 1. The first-order valence-electron chi connectivity index (χ1n) is 12.7. The lowest BCUT2D eigenvalue weighted by atomic mass is 9.68. The van der Waals surface area contributed by atoms with Crippen LogP contribution in [-0.2, 0) is 14.4 Å². The van der Waals surface area contributed by atoms with Crippen molar-refractivity contribution in [2.45, 2.75) is 29.5 Å². The second-order valence-electron chi connectivity index (χ2n) is 10.7. The molecule has 2 N–H and O–H groups in total. The summed E-state index contributed by atoms with van der Waals surface area (Å²) in [6, 6.07) is 13.7. The molecule has 4 aliphatic rings. The molecule has 3 heterocycles. The number of hydrogen-bond donors (Lipinski definition) is 2. The molecule has 3 fully saturated rings. The van der Waals surface area contributed by atoms with Crippen LogP contribution in [0, 0.1) is 42.3 Å². The molecule has 0 unspecified atom stereocenters. The van der Waals surface area contributed by atoms with E-state index in [-0.39, 0.29) is 58.0 Å². The van der Waals surface area contributed by atoms with E-state index in [1.807, 2.05) is 25.1 Å². The summed E-state index contributed by atoms with van der Waals surface area (Å²) in [5, 5.41) is 3.66. The van der Waals surface area contributed by atoms with Crippen LogP contribution in [0.3, 0.4) is 0 Å². The Morgan fingerprint density at radius 3 is 2.55 bits per heavy atom. The Labute approximate surface area is 225 Å². The SMILES string of the molecule is Cc1cccc(NC(=O)CN2C(=O)[C@H]3[C@@H]4C[C@@H]([C@@H]3C2=O)[C@H]2[C@@H](c3ccc(F)cc3)c3sc(=O)[nH]c3S[C@H]42)c1. The monoisotopic (exact) mass is 549 g/mol. The number of nitrogens with zero attached hydrogens (tertiary/aromatic N) is 1. The molecule has 0 spiro atoms. The number of thiazole rings is 1. The molecule has 194 valence electrons. The number of nitrogens with one attached hydrogen (secondary N) is 2. The van der Waals surface area contributed by atoms with Crippen LogP contribution in [0.4, 0.5) is 10.1 Å². The highest BCUT2D eigenvalue weighted by Gasteiger charge is 2.69. The van der Waals surface area contributed by atoms with Crippen LogP contribution in [0.1, 0.15) is 28.3 Å². The average Bonchev–Trinajstić information content (AvgIpc) is 3.60. The molecule has 10 heteroatoms. The summed E-state index contributed by atoms with van der Waals surface area (Å²) in [5.41, 5.74) is 2.53. The van der Waals surface area contributed by atoms with E-state index in [1.54, 1.807) is 30.0 Å². The second kappa shape index (κ2) is 8.64. The second-order valence-corrected chi connectivity index (χ2v) is 12.9. The largest absolute Gasteiger partial charge is 0.325 e. The Balaban J connectivity index is 1.19. The van der Waals surface area contributed by atoms with Crippen LogP contribution in [-0.4, -0.2) is 39.4 Å². The number of H-pyrrole nitrogens is 1. The van der Waals surface area contributed by atoms with Crippen molar-refractivity contribution in [2.24, 2.45) is 29.6 Å². The molecule has 2 aliphatic carbocycles. The molecule has 2 aromatic carbocycles. The van der Waals surface area contributed by atoms with Gasteiger partial charge in [-0.15, -0.1) is 11.8 Å². The summed E-state index contributed by atoms with van der Waals surface area (Å²) in [6.45, 7) is 1.62. The number of fused-ring (bicyclic) bond motifs is 9. The predicted octanol–water partition coefficient (Wildman–Crippen LogP) is 4.00. The molecule has 7 nitrogen and oxygen atoms in total.